The Bertz CT molecular complexity index is 530. The van der Waals surface area contributed by atoms with E-state index in [4.69, 9.17) is 24.4 Å². The first-order chi connectivity index (χ1) is 10.6. The van der Waals surface area contributed by atoms with E-state index in [1.807, 2.05) is 30.3 Å². The minimum absolute atomic E-state index is 0.0130. The molecule has 0 spiro atoms. The van der Waals surface area contributed by atoms with Gasteiger partial charge in [0.1, 0.15) is 0 Å². The summed E-state index contributed by atoms with van der Waals surface area (Å²) in [6.45, 7) is 0. The molecule has 22 heavy (non-hydrogen) atoms. The van der Waals surface area contributed by atoms with Crippen molar-refractivity contribution in [1.29, 1.82) is 0 Å². The van der Waals surface area contributed by atoms with Crippen molar-refractivity contribution in [3.05, 3.63) is 30.3 Å². The first-order valence-corrected chi connectivity index (χ1v) is 8.19. The molecule has 1 aliphatic carbocycles. The number of rotatable bonds is 2. The van der Waals surface area contributed by atoms with Crippen molar-refractivity contribution < 1.29 is 4.79 Å². The molecular weight excluding hydrogens is 316 g/mol. The van der Waals surface area contributed by atoms with Crippen LogP contribution >= 0.6 is 24.4 Å². The van der Waals surface area contributed by atoms with Gasteiger partial charge >= 0.3 is 0 Å². The molecule has 1 amide bonds. The molecular formula is C15H20N4OS2. The summed E-state index contributed by atoms with van der Waals surface area (Å²) < 4.78 is 0. The first-order valence-electron chi connectivity index (χ1n) is 7.38. The van der Waals surface area contributed by atoms with Crippen LogP contribution in [0, 0.1) is 5.92 Å². The summed E-state index contributed by atoms with van der Waals surface area (Å²) in [5.74, 6) is 0.0591. The van der Waals surface area contributed by atoms with Crippen molar-refractivity contribution in [2.24, 2.45) is 5.92 Å². The molecule has 0 atom stereocenters. The summed E-state index contributed by atoms with van der Waals surface area (Å²) in [6.07, 6.45) is 5.32. The van der Waals surface area contributed by atoms with Crippen molar-refractivity contribution in [1.82, 2.24) is 16.2 Å². The Balaban J connectivity index is 1.68. The van der Waals surface area contributed by atoms with E-state index < -0.39 is 0 Å². The van der Waals surface area contributed by atoms with Crippen LogP contribution < -0.4 is 21.5 Å². The second kappa shape index (κ2) is 8.65. The average molecular weight is 336 g/mol. The van der Waals surface area contributed by atoms with E-state index >= 15 is 0 Å². The van der Waals surface area contributed by atoms with Gasteiger partial charge in [0.15, 0.2) is 10.2 Å². The van der Waals surface area contributed by atoms with Crippen molar-refractivity contribution in [3.63, 3.8) is 0 Å². The molecule has 1 aromatic rings. The lowest BCUT2D eigenvalue weighted by atomic mass is 9.89. The third-order valence-corrected chi connectivity index (χ3v) is 3.94. The highest BCUT2D eigenvalue weighted by Crippen LogP contribution is 2.23. The van der Waals surface area contributed by atoms with Crippen LogP contribution in [0.4, 0.5) is 5.69 Å². The average Bonchev–Trinajstić information content (AvgIpc) is 2.55. The number of thiocarbonyl (C=S) groups is 2. The van der Waals surface area contributed by atoms with Gasteiger partial charge in [-0.15, -0.1) is 0 Å². The Kier molecular flexibility index (Phi) is 6.54. The van der Waals surface area contributed by atoms with Gasteiger partial charge < -0.3 is 10.6 Å². The number of carbonyl (C=O) groups excluding carboxylic acids is 1. The SMILES string of the molecule is O=C(NC(=S)NNC(=S)Nc1ccccc1)C1CCCCC1. The zero-order chi connectivity index (χ0) is 15.8. The predicted molar refractivity (Wildman–Crippen MR) is 96.2 cm³/mol. The highest BCUT2D eigenvalue weighted by molar-refractivity contribution is 7.80. The maximum atomic E-state index is 12.0. The monoisotopic (exact) mass is 336 g/mol. The Morgan fingerprint density at radius 1 is 0.955 bits per heavy atom. The zero-order valence-electron chi connectivity index (χ0n) is 12.2. The fourth-order valence-electron chi connectivity index (χ4n) is 2.41. The molecule has 0 heterocycles. The fraction of sp³-hybridized carbons (Fsp3) is 0.400. The van der Waals surface area contributed by atoms with Crippen LogP contribution in [0.3, 0.4) is 0 Å². The molecule has 5 nitrogen and oxygen atoms in total. The zero-order valence-corrected chi connectivity index (χ0v) is 13.9. The molecule has 1 fully saturated rings. The normalized spacial score (nSPS) is 14.7. The van der Waals surface area contributed by atoms with E-state index in [1.54, 1.807) is 0 Å². The van der Waals surface area contributed by atoms with Gasteiger partial charge in [0, 0.05) is 11.6 Å². The number of anilines is 1. The van der Waals surface area contributed by atoms with Crippen LogP contribution in [-0.2, 0) is 4.79 Å². The standard InChI is InChI=1S/C15H20N4OS2/c20-13(11-7-3-1-4-8-11)17-15(22)19-18-14(21)16-12-9-5-2-6-10-12/h2,5-6,9-11H,1,3-4,7-8H2,(H2,16,18,21)(H2,17,19,20,22). The second-order valence-corrected chi connectivity index (χ2v) is 6.04. The van der Waals surface area contributed by atoms with E-state index in [-0.39, 0.29) is 16.9 Å². The third-order valence-electron chi connectivity index (χ3n) is 3.53. The molecule has 1 saturated carbocycles. The van der Waals surface area contributed by atoms with E-state index in [0.717, 1.165) is 31.4 Å². The van der Waals surface area contributed by atoms with Crippen molar-refractivity contribution in [3.8, 4) is 0 Å². The molecule has 0 aromatic heterocycles. The maximum absolute atomic E-state index is 12.0. The Morgan fingerprint density at radius 2 is 1.59 bits per heavy atom. The maximum Gasteiger partial charge on any atom is 0.229 e. The van der Waals surface area contributed by atoms with Crippen molar-refractivity contribution in [2.75, 3.05) is 5.32 Å². The Hall–Kier alpha value is -1.73. The number of benzene rings is 1. The minimum atomic E-state index is -0.0130. The molecule has 1 aliphatic rings. The van der Waals surface area contributed by atoms with Crippen molar-refractivity contribution >= 4 is 46.3 Å². The topological polar surface area (TPSA) is 65.2 Å². The summed E-state index contributed by atoms with van der Waals surface area (Å²) in [4.78, 5) is 12.0. The van der Waals surface area contributed by atoms with Gasteiger partial charge in [-0.25, -0.2) is 0 Å². The second-order valence-electron chi connectivity index (χ2n) is 5.22. The highest BCUT2D eigenvalue weighted by Gasteiger charge is 2.21. The lowest BCUT2D eigenvalue weighted by Crippen LogP contribution is -2.50. The lowest BCUT2D eigenvalue weighted by Gasteiger charge is -2.21. The van der Waals surface area contributed by atoms with Gasteiger partial charge in [-0.05, 0) is 49.4 Å². The van der Waals surface area contributed by atoms with Crippen LogP contribution in [0.15, 0.2) is 30.3 Å². The van der Waals surface area contributed by atoms with Gasteiger partial charge in [0.05, 0.1) is 0 Å². The first kappa shape index (κ1) is 16.6. The molecule has 0 bridgehead atoms. The Labute approximate surface area is 141 Å². The fourth-order valence-corrected chi connectivity index (χ4v) is 2.73. The Morgan fingerprint density at radius 3 is 2.27 bits per heavy atom. The molecule has 1 aromatic carbocycles. The molecule has 4 N–H and O–H groups in total. The van der Waals surface area contributed by atoms with Crippen LogP contribution in [0.25, 0.3) is 0 Å². The van der Waals surface area contributed by atoms with Crippen LogP contribution in [0.5, 0.6) is 0 Å². The van der Waals surface area contributed by atoms with Crippen molar-refractivity contribution in [2.45, 2.75) is 32.1 Å². The van der Waals surface area contributed by atoms with E-state index in [0.29, 0.717) is 5.11 Å². The molecule has 2 rings (SSSR count). The summed E-state index contributed by atoms with van der Waals surface area (Å²) in [6, 6.07) is 9.55. The molecule has 0 aliphatic heterocycles. The minimum Gasteiger partial charge on any atom is -0.331 e. The van der Waals surface area contributed by atoms with E-state index in [9.17, 15) is 4.79 Å². The van der Waals surface area contributed by atoms with E-state index in [2.05, 4.69) is 21.5 Å². The number of amides is 1. The lowest BCUT2D eigenvalue weighted by molar-refractivity contribution is -0.124. The smallest absolute Gasteiger partial charge is 0.229 e. The number of nitrogens with one attached hydrogen (secondary N) is 4. The summed E-state index contributed by atoms with van der Waals surface area (Å²) in [7, 11) is 0. The summed E-state index contributed by atoms with van der Waals surface area (Å²) in [5.41, 5.74) is 6.35. The number of hydrazine groups is 1. The van der Waals surface area contributed by atoms with E-state index in [1.165, 1.54) is 6.42 Å². The van der Waals surface area contributed by atoms with Gasteiger partial charge in [-0.2, -0.15) is 0 Å². The van der Waals surface area contributed by atoms with Crippen LogP contribution in [0.2, 0.25) is 0 Å². The van der Waals surface area contributed by atoms with Gasteiger partial charge in [0.2, 0.25) is 5.91 Å². The molecule has 7 heteroatoms. The molecule has 0 unspecified atom stereocenters. The number of para-hydroxylation sites is 1. The highest BCUT2D eigenvalue weighted by atomic mass is 32.1. The molecule has 0 saturated heterocycles. The van der Waals surface area contributed by atoms with Gasteiger partial charge in [0.25, 0.3) is 0 Å². The quantitative estimate of drug-likeness (QED) is 0.491. The number of carbonyl (C=O) groups is 1. The van der Waals surface area contributed by atoms with Gasteiger partial charge in [-0.3, -0.25) is 15.6 Å². The molecule has 0 radical (unpaired) electrons. The molecule has 118 valence electrons. The van der Waals surface area contributed by atoms with Gasteiger partial charge in [-0.1, -0.05) is 37.5 Å². The summed E-state index contributed by atoms with van der Waals surface area (Å²) in [5, 5.41) is 6.30. The predicted octanol–water partition coefficient (Wildman–Crippen LogP) is 2.46. The largest absolute Gasteiger partial charge is 0.331 e. The number of hydrogen-bond acceptors (Lipinski definition) is 3. The summed E-state index contributed by atoms with van der Waals surface area (Å²) >= 11 is 10.2. The van der Waals surface area contributed by atoms with Crippen LogP contribution in [0.1, 0.15) is 32.1 Å². The number of hydrogen-bond donors (Lipinski definition) is 4. The third kappa shape index (κ3) is 5.57. The van der Waals surface area contributed by atoms with Crippen LogP contribution in [-0.4, -0.2) is 16.1 Å².